The van der Waals surface area contributed by atoms with E-state index in [1.807, 2.05) is 25.8 Å². The number of urea groups is 1. The van der Waals surface area contributed by atoms with Crippen molar-refractivity contribution >= 4 is 11.9 Å². The van der Waals surface area contributed by atoms with E-state index in [-0.39, 0.29) is 12.5 Å². The molecule has 0 aromatic rings. The first-order valence-electron chi connectivity index (χ1n) is 7.44. The van der Waals surface area contributed by atoms with Crippen molar-refractivity contribution in [1.82, 2.24) is 20.9 Å². The summed E-state index contributed by atoms with van der Waals surface area (Å²) >= 11 is 0. The van der Waals surface area contributed by atoms with Crippen LogP contribution in [0.4, 0.5) is 4.79 Å². The summed E-state index contributed by atoms with van der Waals surface area (Å²) in [5.41, 5.74) is 0. The molecule has 0 aromatic heterocycles. The van der Waals surface area contributed by atoms with Crippen LogP contribution < -0.4 is 16.0 Å². The van der Waals surface area contributed by atoms with Gasteiger partial charge in [-0.1, -0.05) is 13.8 Å². The fourth-order valence-corrected chi connectivity index (χ4v) is 2.32. The third-order valence-corrected chi connectivity index (χ3v) is 3.37. The van der Waals surface area contributed by atoms with Crippen molar-refractivity contribution in [3.05, 3.63) is 0 Å². The van der Waals surface area contributed by atoms with Crippen molar-refractivity contribution in [3.8, 4) is 0 Å². The minimum Gasteiger partial charge on any atom is -0.338 e. The van der Waals surface area contributed by atoms with Crippen LogP contribution in [0.15, 0.2) is 0 Å². The molecule has 1 aliphatic heterocycles. The highest BCUT2D eigenvalue weighted by atomic mass is 16.2. The molecular formula is C14H28N4O2. The minimum atomic E-state index is -0.404. The number of hydrogen-bond acceptors (Lipinski definition) is 4. The van der Waals surface area contributed by atoms with Gasteiger partial charge in [0.05, 0.1) is 6.54 Å². The normalized spacial score (nSPS) is 16.4. The van der Waals surface area contributed by atoms with Gasteiger partial charge < -0.3 is 10.6 Å². The van der Waals surface area contributed by atoms with Gasteiger partial charge >= 0.3 is 6.03 Å². The monoisotopic (exact) mass is 284 g/mol. The van der Waals surface area contributed by atoms with Gasteiger partial charge in [-0.3, -0.25) is 15.0 Å². The summed E-state index contributed by atoms with van der Waals surface area (Å²) in [6.07, 6.45) is 2.31. The van der Waals surface area contributed by atoms with Crippen molar-refractivity contribution in [1.29, 1.82) is 0 Å². The fourth-order valence-electron chi connectivity index (χ4n) is 2.32. The van der Waals surface area contributed by atoms with E-state index in [2.05, 4.69) is 16.0 Å². The number of nitrogens with one attached hydrogen (secondary N) is 3. The largest absolute Gasteiger partial charge is 0.338 e. The molecule has 0 radical (unpaired) electrons. The molecule has 20 heavy (non-hydrogen) atoms. The third-order valence-electron chi connectivity index (χ3n) is 3.37. The Morgan fingerprint density at radius 1 is 1.30 bits per heavy atom. The standard InChI is InChI=1S/C14H28N4O2/c1-11(2)8-16-14(20)17-13(19)10-18(3)9-12-4-6-15-7-5-12/h11-12,15H,4-10H2,1-3H3,(H2,16,17,19,20). The van der Waals surface area contributed by atoms with E-state index < -0.39 is 6.03 Å². The highest BCUT2D eigenvalue weighted by molar-refractivity contribution is 5.95. The summed E-state index contributed by atoms with van der Waals surface area (Å²) in [4.78, 5) is 25.2. The van der Waals surface area contributed by atoms with Crippen LogP contribution in [0.1, 0.15) is 26.7 Å². The minimum absolute atomic E-state index is 0.248. The van der Waals surface area contributed by atoms with Crippen LogP contribution in [0.25, 0.3) is 0 Å². The Morgan fingerprint density at radius 3 is 2.55 bits per heavy atom. The van der Waals surface area contributed by atoms with Crippen molar-refractivity contribution in [2.45, 2.75) is 26.7 Å². The second-order valence-corrected chi connectivity index (χ2v) is 6.04. The van der Waals surface area contributed by atoms with E-state index in [0.29, 0.717) is 18.4 Å². The van der Waals surface area contributed by atoms with E-state index in [1.165, 1.54) is 0 Å². The Bertz CT molecular complexity index is 314. The second-order valence-electron chi connectivity index (χ2n) is 6.04. The Balaban J connectivity index is 2.18. The molecule has 0 atom stereocenters. The molecule has 116 valence electrons. The molecule has 0 aromatic carbocycles. The Labute approximate surface area is 121 Å². The van der Waals surface area contributed by atoms with Gasteiger partial charge in [-0.2, -0.15) is 0 Å². The number of imide groups is 1. The van der Waals surface area contributed by atoms with Gasteiger partial charge in [-0.15, -0.1) is 0 Å². The molecule has 6 heteroatoms. The summed E-state index contributed by atoms with van der Waals surface area (Å²) in [5, 5.41) is 8.36. The highest BCUT2D eigenvalue weighted by Gasteiger charge is 2.17. The lowest BCUT2D eigenvalue weighted by Gasteiger charge is -2.27. The molecule has 0 unspecified atom stereocenters. The average molecular weight is 284 g/mol. The van der Waals surface area contributed by atoms with Gasteiger partial charge in [0.25, 0.3) is 0 Å². The molecule has 0 bridgehead atoms. The van der Waals surface area contributed by atoms with E-state index in [1.54, 1.807) is 0 Å². The zero-order valence-electron chi connectivity index (χ0n) is 12.9. The van der Waals surface area contributed by atoms with Gasteiger partial charge in [-0.05, 0) is 44.8 Å². The molecule has 0 aliphatic carbocycles. The molecule has 0 spiro atoms. The molecule has 3 amide bonds. The molecule has 1 fully saturated rings. The smallest absolute Gasteiger partial charge is 0.321 e. The number of rotatable bonds is 6. The Kier molecular flexibility index (Phi) is 7.54. The molecule has 1 heterocycles. The maximum Gasteiger partial charge on any atom is 0.321 e. The Hall–Kier alpha value is -1.14. The van der Waals surface area contributed by atoms with Crippen molar-refractivity contribution in [3.63, 3.8) is 0 Å². The number of carbonyl (C=O) groups excluding carboxylic acids is 2. The van der Waals surface area contributed by atoms with Gasteiger partial charge in [-0.25, -0.2) is 4.79 Å². The SMILES string of the molecule is CC(C)CNC(=O)NC(=O)CN(C)CC1CCNCC1. The van der Waals surface area contributed by atoms with Crippen LogP contribution in [0, 0.1) is 11.8 Å². The van der Waals surface area contributed by atoms with E-state index in [4.69, 9.17) is 0 Å². The van der Waals surface area contributed by atoms with Gasteiger partial charge in [0.2, 0.25) is 5.91 Å². The zero-order valence-corrected chi connectivity index (χ0v) is 12.9. The van der Waals surface area contributed by atoms with E-state index in [9.17, 15) is 9.59 Å². The van der Waals surface area contributed by atoms with Crippen LogP contribution >= 0.6 is 0 Å². The predicted octanol–water partition coefficient (Wildman–Crippen LogP) is 0.400. The first-order valence-corrected chi connectivity index (χ1v) is 7.44. The van der Waals surface area contributed by atoms with Crippen LogP contribution in [0.5, 0.6) is 0 Å². The number of amides is 3. The van der Waals surface area contributed by atoms with Crippen LogP contribution in [-0.4, -0.2) is 56.6 Å². The van der Waals surface area contributed by atoms with E-state index in [0.717, 1.165) is 32.5 Å². The first kappa shape index (κ1) is 16.9. The maximum atomic E-state index is 11.7. The zero-order chi connectivity index (χ0) is 15.0. The molecule has 1 aliphatic rings. The summed E-state index contributed by atoms with van der Waals surface area (Å²) in [5.74, 6) is 0.768. The Morgan fingerprint density at radius 2 is 1.95 bits per heavy atom. The number of hydrogen-bond donors (Lipinski definition) is 3. The summed E-state index contributed by atoms with van der Waals surface area (Å²) in [7, 11) is 1.92. The fraction of sp³-hybridized carbons (Fsp3) is 0.857. The van der Waals surface area contributed by atoms with Crippen LogP contribution in [0.2, 0.25) is 0 Å². The van der Waals surface area contributed by atoms with Gasteiger partial charge in [0, 0.05) is 13.1 Å². The summed E-state index contributed by atoms with van der Waals surface area (Å²) in [6, 6.07) is -0.404. The highest BCUT2D eigenvalue weighted by Crippen LogP contribution is 2.12. The second kappa shape index (κ2) is 8.92. The van der Waals surface area contributed by atoms with E-state index >= 15 is 0 Å². The van der Waals surface area contributed by atoms with Gasteiger partial charge in [0.1, 0.15) is 0 Å². The molecule has 3 N–H and O–H groups in total. The number of likely N-dealkylation sites (N-methyl/N-ethyl adjacent to an activating group) is 1. The molecule has 1 saturated heterocycles. The lowest BCUT2D eigenvalue weighted by atomic mass is 9.98. The van der Waals surface area contributed by atoms with Crippen LogP contribution in [0.3, 0.4) is 0 Å². The van der Waals surface area contributed by atoms with Gasteiger partial charge in [0.15, 0.2) is 0 Å². The average Bonchev–Trinajstić information content (AvgIpc) is 2.37. The third kappa shape index (κ3) is 7.45. The summed E-state index contributed by atoms with van der Waals surface area (Å²) < 4.78 is 0. The van der Waals surface area contributed by atoms with Crippen molar-refractivity contribution in [2.24, 2.45) is 11.8 Å². The molecule has 0 saturated carbocycles. The lowest BCUT2D eigenvalue weighted by Crippen LogP contribution is -2.45. The molecule has 1 rings (SSSR count). The topological polar surface area (TPSA) is 73.5 Å². The first-order chi connectivity index (χ1) is 9.47. The lowest BCUT2D eigenvalue weighted by molar-refractivity contribution is -0.121. The summed E-state index contributed by atoms with van der Waals surface area (Å²) in [6.45, 7) is 7.88. The number of piperidine rings is 1. The maximum absolute atomic E-state index is 11.7. The molecular weight excluding hydrogens is 256 g/mol. The van der Waals surface area contributed by atoms with Crippen molar-refractivity contribution in [2.75, 3.05) is 39.8 Å². The van der Waals surface area contributed by atoms with Crippen molar-refractivity contribution < 1.29 is 9.59 Å². The number of carbonyl (C=O) groups is 2. The predicted molar refractivity (Wildman–Crippen MR) is 79.5 cm³/mol. The number of nitrogens with zero attached hydrogens (tertiary/aromatic N) is 1. The quantitative estimate of drug-likeness (QED) is 0.660. The molecule has 6 nitrogen and oxygen atoms in total. The van der Waals surface area contributed by atoms with Crippen LogP contribution in [-0.2, 0) is 4.79 Å².